The maximum absolute atomic E-state index is 14.5. The van der Waals surface area contributed by atoms with Gasteiger partial charge in [-0.2, -0.15) is 5.10 Å². The van der Waals surface area contributed by atoms with Crippen LogP contribution in [-0.2, 0) is 28.0 Å². The van der Waals surface area contributed by atoms with Crippen LogP contribution in [0.5, 0.6) is 0 Å². The number of fused-ring (bicyclic) bond motifs is 2. The van der Waals surface area contributed by atoms with Gasteiger partial charge in [0.25, 0.3) is 0 Å². The van der Waals surface area contributed by atoms with E-state index in [1.54, 1.807) is 49.4 Å². The van der Waals surface area contributed by atoms with Crippen molar-refractivity contribution in [1.29, 1.82) is 0 Å². The molecule has 1 unspecified atom stereocenters. The van der Waals surface area contributed by atoms with Crippen LogP contribution in [0.2, 0.25) is 5.02 Å². The molecule has 1 aliphatic rings. The van der Waals surface area contributed by atoms with Crippen molar-refractivity contribution in [2.24, 2.45) is 0 Å². The second-order valence-electron chi connectivity index (χ2n) is 10.2. The van der Waals surface area contributed by atoms with Crippen molar-refractivity contribution >= 4 is 46.0 Å². The van der Waals surface area contributed by atoms with Gasteiger partial charge in [0.1, 0.15) is 34.4 Å². The molecule has 0 bridgehead atoms. The lowest BCUT2D eigenvalue weighted by Crippen LogP contribution is -2.33. The average Bonchev–Trinajstić information content (AvgIpc) is 3.44. The second kappa shape index (κ2) is 10.2. The number of amides is 1. The smallest absolute Gasteiger partial charge is 0.303 e. The number of anilines is 2. The minimum Gasteiger partial charge on any atom is -0.481 e. The number of nitrogens with one attached hydrogen (secondary N) is 1. The van der Waals surface area contributed by atoms with E-state index >= 15 is 0 Å². The Morgan fingerprint density at radius 3 is 2.50 bits per heavy atom. The number of carboxylic acids is 1. The molecule has 4 N–H and O–H groups in total. The Labute approximate surface area is 243 Å². The zero-order chi connectivity index (χ0) is 29.8. The van der Waals surface area contributed by atoms with Gasteiger partial charge in [0.15, 0.2) is 5.82 Å². The molecule has 0 saturated heterocycles. The van der Waals surface area contributed by atoms with Crippen molar-refractivity contribution in [2.75, 3.05) is 11.1 Å². The molecule has 0 radical (unpaired) electrons. The van der Waals surface area contributed by atoms with Crippen LogP contribution < -0.4 is 11.1 Å². The van der Waals surface area contributed by atoms with Crippen LogP contribution in [0, 0.1) is 11.6 Å². The fourth-order valence-electron chi connectivity index (χ4n) is 5.31. The van der Waals surface area contributed by atoms with Gasteiger partial charge in [0.05, 0.1) is 17.6 Å². The lowest BCUT2D eigenvalue weighted by Gasteiger charge is -2.23. The number of hydrogen-bond donors (Lipinski definition) is 3. The number of carbonyl (C=O) groups is 2. The number of nitrogen functional groups attached to an aromatic ring is 1. The Balaban J connectivity index is 1.42. The predicted molar refractivity (Wildman–Crippen MR) is 153 cm³/mol. The van der Waals surface area contributed by atoms with Crippen molar-refractivity contribution in [3.05, 3.63) is 99.6 Å². The first-order chi connectivity index (χ1) is 20.1. The molecule has 2 aromatic heterocycles. The fraction of sp³-hybridized carbons (Fsp3) is 0.167. The summed E-state index contributed by atoms with van der Waals surface area (Å²) >= 11 is 6.25. The number of carboxylic acid groups (broad SMARTS) is 1. The molecule has 212 valence electrons. The van der Waals surface area contributed by atoms with Crippen molar-refractivity contribution < 1.29 is 23.5 Å². The summed E-state index contributed by atoms with van der Waals surface area (Å²) in [7, 11) is 0. The summed E-state index contributed by atoms with van der Waals surface area (Å²) in [5.74, 6) is -2.28. The summed E-state index contributed by atoms with van der Waals surface area (Å²) < 4.78 is 30.4. The molecular formula is C30H23ClF2N6O3. The van der Waals surface area contributed by atoms with Gasteiger partial charge in [-0.25, -0.2) is 18.7 Å². The Morgan fingerprint density at radius 1 is 1.10 bits per heavy atom. The predicted octanol–water partition coefficient (Wildman–Crippen LogP) is 5.33. The Kier molecular flexibility index (Phi) is 6.61. The van der Waals surface area contributed by atoms with E-state index in [4.69, 9.17) is 22.4 Å². The first-order valence-corrected chi connectivity index (χ1v) is 13.3. The number of aromatic nitrogens is 4. The van der Waals surface area contributed by atoms with Crippen LogP contribution >= 0.6 is 11.6 Å². The lowest BCUT2D eigenvalue weighted by atomic mass is 9.77. The lowest BCUT2D eigenvalue weighted by molar-refractivity contribution is -0.137. The topological polar surface area (TPSA) is 136 Å². The van der Waals surface area contributed by atoms with Crippen molar-refractivity contribution in [2.45, 2.75) is 31.7 Å². The van der Waals surface area contributed by atoms with E-state index in [0.717, 1.165) is 5.56 Å². The summed E-state index contributed by atoms with van der Waals surface area (Å²) in [6, 6.07) is 15.7. The molecule has 0 saturated carbocycles. The van der Waals surface area contributed by atoms with E-state index in [0.29, 0.717) is 39.2 Å². The molecule has 1 amide bonds. The van der Waals surface area contributed by atoms with E-state index in [1.165, 1.54) is 22.9 Å². The summed E-state index contributed by atoms with van der Waals surface area (Å²) in [4.78, 5) is 33.4. The van der Waals surface area contributed by atoms with E-state index in [-0.39, 0.29) is 41.9 Å². The van der Waals surface area contributed by atoms with Gasteiger partial charge in [-0.3, -0.25) is 14.3 Å². The largest absolute Gasteiger partial charge is 0.481 e. The van der Waals surface area contributed by atoms with E-state index in [1.807, 2.05) is 0 Å². The standard InChI is InChI=1S/C30H23ClF2N6O3/c1-30(16-8-5-15(6-9-16)7-12-23(40)41)24-26(34)35-28(36-27(24)37-29(30)42)25-18-11-10-17(31)13-22(18)39(38-25)14-19-20(32)3-2-4-21(19)33/h2-6,8-11,13H,7,12,14H2,1H3,(H,40,41)(H3,34,35,36,37,42). The number of nitrogens with zero attached hydrogens (tertiary/aromatic N) is 4. The summed E-state index contributed by atoms with van der Waals surface area (Å²) in [5, 5.41) is 17.3. The zero-order valence-corrected chi connectivity index (χ0v) is 22.9. The van der Waals surface area contributed by atoms with Crippen LogP contribution in [0.25, 0.3) is 22.4 Å². The highest BCUT2D eigenvalue weighted by molar-refractivity contribution is 6.31. The highest BCUT2D eigenvalue weighted by atomic mass is 35.5. The molecule has 1 atom stereocenters. The number of rotatable bonds is 7. The quantitative estimate of drug-likeness (QED) is 0.234. The van der Waals surface area contributed by atoms with Gasteiger partial charge in [-0.1, -0.05) is 41.9 Å². The fourth-order valence-corrected chi connectivity index (χ4v) is 5.48. The molecule has 0 fully saturated rings. The number of aliphatic carboxylic acids is 1. The number of benzene rings is 3. The minimum absolute atomic E-state index is 0.00459. The number of halogens is 3. The van der Waals surface area contributed by atoms with Gasteiger partial charge in [-0.15, -0.1) is 0 Å². The monoisotopic (exact) mass is 588 g/mol. The maximum Gasteiger partial charge on any atom is 0.303 e. The van der Waals surface area contributed by atoms with E-state index in [2.05, 4.69) is 20.4 Å². The second-order valence-corrected chi connectivity index (χ2v) is 10.6. The van der Waals surface area contributed by atoms with E-state index in [9.17, 15) is 18.4 Å². The van der Waals surface area contributed by atoms with Gasteiger partial charge >= 0.3 is 5.97 Å². The Hall–Kier alpha value is -4.90. The molecule has 3 aromatic carbocycles. The third kappa shape index (κ3) is 4.51. The first-order valence-electron chi connectivity index (χ1n) is 13.0. The SMILES string of the molecule is CC1(c2ccc(CCC(=O)O)cc2)C(=O)Nc2nc(-c3nn(Cc4c(F)cccc4F)c4cc(Cl)ccc34)nc(N)c21. The minimum atomic E-state index is -1.21. The molecule has 3 heterocycles. The van der Waals surface area contributed by atoms with Crippen LogP contribution in [0.15, 0.2) is 60.7 Å². The molecule has 5 aromatic rings. The normalized spacial score (nSPS) is 16.0. The van der Waals surface area contributed by atoms with Crippen LogP contribution in [0.1, 0.15) is 35.6 Å². The number of aryl methyl sites for hydroxylation is 1. The number of hydrogen-bond acceptors (Lipinski definition) is 6. The van der Waals surface area contributed by atoms with Crippen molar-refractivity contribution in [3.63, 3.8) is 0 Å². The van der Waals surface area contributed by atoms with Crippen LogP contribution in [0.4, 0.5) is 20.4 Å². The summed E-state index contributed by atoms with van der Waals surface area (Å²) in [5.41, 5.74) is 7.74. The van der Waals surface area contributed by atoms with Gasteiger partial charge in [0.2, 0.25) is 5.91 Å². The molecule has 6 rings (SSSR count). The third-order valence-corrected chi connectivity index (χ3v) is 7.81. The first kappa shape index (κ1) is 27.3. The maximum atomic E-state index is 14.5. The average molecular weight is 589 g/mol. The van der Waals surface area contributed by atoms with E-state index < -0.39 is 23.0 Å². The van der Waals surface area contributed by atoms with Gasteiger partial charge in [0, 0.05) is 22.4 Å². The molecule has 0 aliphatic carbocycles. The highest BCUT2D eigenvalue weighted by Crippen LogP contribution is 2.45. The van der Waals surface area contributed by atoms with Crippen molar-refractivity contribution in [1.82, 2.24) is 19.7 Å². The molecular weight excluding hydrogens is 566 g/mol. The summed E-state index contributed by atoms with van der Waals surface area (Å²) in [6.45, 7) is 1.50. The molecule has 12 heteroatoms. The molecule has 42 heavy (non-hydrogen) atoms. The Morgan fingerprint density at radius 2 is 1.81 bits per heavy atom. The molecule has 1 aliphatic heterocycles. The van der Waals surface area contributed by atoms with Crippen LogP contribution in [0.3, 0.4) is 0 Å². The summed E-state index contributed by atoms with van der Waals surface area (Å²) in [6.07, 6.45) is 0.356. The zero-order valence-electron chi connectivity index (χ0n) is 22.2. The van der Waals surface area contributed by atoms with Crippen LogP contribution in [-0.4, -0.2) is 36.7 Å². The molecule has 0 spiro atoms. The highest BCUT2D eigenvalue weighted by Gasteiger charge is 2.47. The third-order valence-electron chi connectivity index (χ3n) is 7.58. The molecule has 9 nitrogen and oxygen atoms in total. The number of nitrogens with two attached hydrogens (primary N) is 1. The Bertz CT molecular complexity index is 1890. The van der Waals surface area contributed by atoms with Gasteiger partial charge in [-0.05, 0) is 54.8 Å². The number of carbonyl (C=O) groups excluding carboxylic acids is 1. The van der Waals surface area contributed by atoms with Gasteiger partial charge < -0.3 is 16.2 Å². The van der Waals surface area contributed by atoms with Crippen molar-refractivity contribution in [3.8, 4) is 11.5 Å².